The second kappa shape index (κ2) is 5.42. The molecule has 1 atom stereocenters. The summed E-state index contributed by atoms with van der Waals surface area (Å²) in [7, 11) is 0. The molecular weight excluding hydrogens is 206 g/mol. The first kappa shape index (κ1) is 10.8. The third kappa shape index (κ3) is 2.89. The van der Waals surface area contributed by atoms with Crippen LogP contribution in [0.25, 0.3) is 0 Å². The van der Waals surface area contributed by atoms with Crippen LogP contribution in [0, 0.1) is 0 Å². The molecular formula is C12H17NOS. The van der Waals surface area contributed by atoms with E-state index in [1.807, 2.05) is 17.8 Å². The summed E-state index contributed by atoms with van der Waals surface area (Å²) in [5.74, 6) is 2.23. The van der Waals surface area contributed by atoms with Gasteiger partial charge in [-0.15, -0.1) is 0 Å². The Balaban J connectivity index is 1.76. The highest BCUT2D eigenvalue weighted by Crippen LogP contribution is 2.27. The summed E-state index contributed by atoms with van der Waals surface area (Å²) < 4.78 is 5.82. The quantitative estimate of drug-likeness (QED) is 0.771. The maximum atomic E-state index is 5.82. The number of thioether (sulfide) groups is 1. The molecule has 0 spiro atoms. The van der Waals surface area contributed by atoms with Crippen LogP contribution in [0.3, 0.4) is 0 Å². The zero-order chi connectivity index (χ0) is 10.5. The van der Waals surface area contributed by atoms with E-state index in [1.165, 1.54) is 11.3 Å². The second-order valence-corrected chi connectivity index (χ2v) is 4.73. The predicted octanol–water partition coefficient (Wildman–Crippen LogP) is 1.94. The molecule has 0 amide bonds. The van der Waals surface area contributed by atoms with Gasteiger partial charge in [0.2, 0.25) is 0 Å². The standard InChI is InChI=1S/C12H17NOS/c1-15-7-6-13-9-11-8-10-4-2-3-5-12(10)14-11/h2-5,11,13H,6-9H2,1H3. The second-order valence-electron chi connectivity index (χ2n) is 3.75. The molecule has 82 valence electrons. The zero-order valence-corrected chi connectivity index (χ0v) is 9.85. The van der Waals surface area contributed by atoms with Crippen molar-refractivity contribution >= 4 is 11.8 Å². The molecule has 1 heterocycles. The molecule has 3 heteroatoms. The first-order chi connectivity index (χ1) is 7.40. The maximum Gasteiger partial charge on any atom is 0.123 e. The Bertz CT molecular complexity index is 291. The maximum absolute atomic E-state index is 5.82. The lowest BCUT2D eigenvalue weighted by molar-refractivity contribution is 0.229. The Kier molecular flexibility index (Phi) is 3.92. The lowest BCUT2D eigenvalue weighted by Gasteiger charge is -2.11. The Morgan fingerprint density at radius 1 is 1.47 bits per heavy atom. The molecule has 0 bridgehead atoms. The van der Waals surface area contributed by atoms with E-state index in [9.17, 15) is 0 Å². The van der Waals surface area contributed by atoms with E-state index >= 15 is 0 Å². The van der Waals surface area contributed by atoms with E-state index in [4.69, 9.17) is 4.74 Å². The molecule has 1 aromatic carbocycles. The summed E-state index contributed by atoms with van der Waals surface area (Å²) in [6, 6.07) is 8.31. The van der Waals surface area contributed by atoms with Gasteiger partial charge in [0.1, 0.15) is 11.9 Å². The molecule has 1 aliphatic rings. The monoisotopic (exact) mass is 223 g/mol. The van der Waals surface area contributed by atoms with E-state index in [-0.39, 0.29) is 0 Å². The summed E-state index contributed by atoms with van der Waals surface area (Å²) in [5, 5.41) is 3.42. The summed E-state index contributed by atoms with van der Waals surface area (Å²) in [4.78, 5) is 0. The van der Waals surface area contributed by atoms with Gasteiger partial charge in [0, 0.05) is 25.3 Å². The van der Waals surface area contributed by atoms with Crippen LogP contribution in [0.5, 0.6) is 5.75 Å². The fourth-order valence-corrected chi connectivity index (χ4v) is 2.15. The summed E-state index contributed by atoms with van der Waals surface area (Å²) in [6.07, 6.45) is 3.50. The molecule has 1 aliphatic heterocycles. The van der Waals surface area contributed by atoms with Crippen molar-refractivity contribution < 1.29 is 4.74 Å². The Morgan fingerprint density at radius 3 is 3.13 bits per heavy atom. The number of ether oxygens (including phenoxy) is 1. The van der Waals surface area contributed by atoms with Crippen LogP contribution in [0.2, 0.25) is 0 Å². The minimum Gasteiger partial charge on any atom is -0.488 e. The normalized spacial score (nSPS) is 18.6. The first-order valence-electron chi connectivity index (χ1n) is 5.34. The van der Waals surface area contributed by atoms with E-state index in [0.717, 1.165) is 25.3 Å². The van der Waals surface area contributed by atoms with Gasteiger partial charge in [-0.2, -0.15) is 11.8 Å². The molecule has 0 saturated carbocycles. The third-order valence-corrected chi connectivity index (χ3v) is 3.18. The number of rotatable bonds is 5. The number of para-hydroxylation sites is 1. The van der Waals surface area contributed by atoms with E-state index < -0.39 is 0 Å². The minimum atomic E-state index is 0.323. The van der Waals surface area contributed by atoms with Crippen LogP contribution >= 0.6 is 11.8 Å². The Morgan fingerprint density at radius 2 is 2.33 bits per heavy atom. The van der Waals surface area contributed by atoms with Crippen LogP contribution in [0.4, 0.5) is 0 Å². The lowest BCUT2D eigenvalue weighted by atomic mass is 10.1. The fraction of sp³-hybridized carbons (Fsp3) is 0.500. The molecule has 1 aromatic rings. The average Bonchev–Trinajstić information content (AvgIpc) is 2.67. The highest BCUT2D eigenvalue weighted by Gasteiger charge is 2.21. The van der Waals surface area contributed by atoms with Crippen molar-refractivity contribution in [1.29, 1.82) is 0 Å². The van der Waals surface area contributed by atoms with Crippen molar-refractivity contribution in [3.8, 4) is 5.75 Å². The first-order valence-corrected chi connectivity index (χ1v) is 6.74. The van der Waals surface area contributed by atoms with Crippen molar-refractivity contribution in [3.05, 3.63) is 29.8 Å². The molecule has 0 saturated heterocycles. The van der Waals surface area contributed by atoms with Gasteiger partial charge >= 0.3 is 0 Å². The molecule has 2 nitrogen and oxygen atoms in total. The number of hydrogen-bond acceptors (Lipinski definition) is 3. The van der Waals surface area contributed by atoms with Gasteiger partial charge in [0.05, 0.1) is 0 Å². The SMILES string of the molecule is CSCCNCC1Cc2ccccc2O1. The zero-order valence-electron chi connectivity index (χ0n) is 9.03. The van der Waals surface area contributed by atoms with Gasteiger partial charge in [-0.25, -0.2) is 0 Å². The Labute approximate surface area is 95.4 Å². The van der Waals surface area contributed by atoms with Gasteiger partial charge < -0.3 is 10.1 Å². The van der Waals surface area contributed by atoms with Gasteiger partial charge in [-0.1, -0.05) is 18.2 Å². The number of nitrogens with one attached hydrogen (secondary N) is 1. The topological polar surface area (TPSA) is 21.3 Å². The molecule has 15 heavy (non-hydrogen) atoms. The van der Waals surface area contributed by atoms with Crippen molar-refractivity contribution in [2.24, 2.45) is 0 Å². The number of fused-ring (bicyclic) bond motifs is 1. The van der Waals surface area contributed by atoms with Crippen LogP contribution in [0.1, 0.15) is 5.56 Å². The highest BCUT2D eigenvalue weighted by atomic mass is 32.2. The summed E-state index contributed by atoms with van der Waals surface area (Å²) in [5.41, 5.74) is 1.34. The van der Waals surface area contributed by atoms with Crippen LogP contribution in [-0.4, -0.2) is 31.2 Å². The highest BCUT2D eigenvalue weighted by molar-refractivity contribution is 7.98. The van der Waals surface area contributed by atoms with Crippen molar-refractivity contribution in [2.45, 2.75) is 12.5 Å². The summed E-state index contributed by atoms with van der Waals surface area (Å²) in [6.45, 7) is 2.02. The van der Waals surface area contributed by atoms with Crippen molar-refractivity contribution in [1.82, 2.24) is 5.32 Å². The van der Waals surface area contributed by atoms with Gasteiger partial charge in [-0.05, 0) is 17.9 Å². The minimum absolute atomic E-state index is 0.323. The lowest BCUT2D eigenvalue weighted by Crippen LogP contribution is -2.31. The summed E-state index contributed by atoms with van der Waals surface area (Å²) >= 11 is 1.87. The van der Waals surface area contributed by atoms with Crippen molar-refractivity contribution in [2.75, 3.05) is 25.1 Å². The molecule has 0 aliphatic carbocycles. The molecule has 0 aromatic heterocycles. The smallest absolute Gasteiger partial charge is 0.123 e. The van der Waals surface area contributed by atoms with Crippen LogP contribution in [-0.2, 0) is 6.42 Å². The molecule has 1 N–H and O–H groups in total. The molecule has 1 unspecified atom stereocenters. The van der Waals surface area contributed by atoms with E-state index in [1.54, 1.807) is 0 Å². The van der Waals surface area contributed by atoms with E-state index in [0.29, 0.717) is 6.10 Å². The van der Waals surface area contributed by atoms with Gasteiger partial charge in [-0.3, -0.25) is 0 Å². The fourth-order valence-electron chi connectivity index (χ4n) is 1.81. The Hall–Kier alpha value is -0.670. The molecule has 0 radical (unpaired) electrons. The van der Waals surface area contributed by atoms with Crippen LogP contribution < -0.4 is 10.1 Å². The number of benzene rings is 1. The van der Waals surface area contributed by atoms with E-state index in [2.05, 4.69) is 29.8 Å². The average molecular weight is 223 g/mol. The predicted molar refractivity (Wildman–Crippen MR) is 65.8 cm³/mol. The van der Waals surface area contributed by atoms with Gasteiger partial charge in [0.15, 0.2) is 0 Å². The third-order valence-electron chi connectivity index (χ3n) is 2.57. The van der Waals surface area contributed by atoms with Gasteiger partial charge in [0.25, 0.3) is 0 Å². The number of hydrogen-bond donors (Lipinski definition) is 1. The largest absolute Gasteiger partial charge is 0.488 e. The van der Waals surface area contributed by atoms with Crippen LogP contribution in [0.15, 0.2) is 24.3 Å². The van der Waals surface area contributed by atoms with Crippen molar-refractivity contribution in [3.63, 3.8) is 0 Å². The molecule has 0 fully saturated rings. The molecule has 2 rings (SSSR count).